The first-order valence-corrected chi connectivity index (χ1v) is 7.25. The number of hydrogen-bond acceptors (Lipinski definition) is 2. The highest BCUT2D eigenvalue weighted by Gasteiger charge is 2.21. The molecule has 1 amide bonds. The zero-order chi connectivity index (χ0) is 13.7. The van der Waals surface area contributed by atoms with Gasteiger partial charge >= 0.3 is 0 Å². The smallest absolute Gasteiger partial charge is 0.241 e. The second kappa shape index (κ2) is 6.71. The van der Waals surface area contributed by atoms with Crippen molar-refractivity contribution in [2.75, 3.05) is 6.54 Å². The van der Waals surface area contributed by atoms with Gasteiger partial charge < -0.3 is 11.1 Å². The lowest BCUT2D eigenvalue weighted by molar-refractivity contribution is -0.122. The summed E-state index contributed by atoms with van der Waals surface area (Å²) in [4.78, 5) is 12.0. The second-order valence-corrected chi connectivity index (χ2v) is 5.77. The predicted octanol–water partition coefficient (Wildman–Crippen LogP) is 2.63. The maximum Gasteiger partial charge on any atom is 0.241 e. The van der Waals surface area contributed by atoms with Gasteiger partial charge in [-0.1, -0.05) is 50.1 Å². The topological polar surface area (TPSA) is 55.1 Å². The molecule has 1 saturated carbocycles. The number of hydrogen-bond donors (Lipinski definition) is 2. The van der Waals surface area contributed by atoms with Crippen molar-refractivity contribution in [3.63, 3.8) is 0 Å². The molecule has 1 fully saturated rings. The average Bonchev–Trinajstić information content (AvgIpc) is 2.45. The van der Waals surface area contributed by atoms with E-state index in [0.717, 1.165) is 18.0 Å². The van der Waals surface area contributed by atoms with E-state index >= 15 is 0 Å². The fourth-order valence-electron chi connectivity index (χ4n) is 2.91. The molecule has 1 aliphatic carbocycles. The number of carbonyl (C=O) groups excluding carboxylic acids is 1. The lowest BCUT2D eigenvalue weighted by Crippen LogP contribution is -2.37. The van der Waals surface area contributed by atoms with Gasteiger partial charge in [-0.15, -0.1) is 0 Å². The van der Waals surface area contributed by atoms with E-state index < -0.39 is 6.04 Å². The first-order valence-electron chi connectivity index (χ1n) is 7.25. The van der Waals surface area contributed by atoms with Crippen molar-refractivity contribution in [2.24, 2.45) is 17.6 Å². The Morgan fingerprint density at radius 3 is 2.79 bits per heavy atom. The molecular formula is C16H24N2O. The molecule has 2 rings (SSSR count). The van der Waals surface area contributed by atoms with E-state index in [2.05, 4.69) is 12.2 Å². The van der Waals surface area contributed by atoms with E-state index in [1.54, 1.807) is 0 Å². The molecule has 3 nitrogen and oxygen atoms in total. The maximum atomic E-state index is 12.0. The molecule has 0 aromatic heterocycles. The van der Waals surface area contributed by atoms with Crippen LogP contribution in [0, 0.1) is 11.8 Å². The number of rotatable bonds is 4. The summed E-state index contributed by atoms with van der Waals surface area (Å²) in [6.45, 7) is 3.06. The van der Waals surface area contributed by atoms with Crippen molar-refractivity contribution in [3.8, 4) is 0 Å². The monoisotopic (exact) mass is 260 g/mol. The van der Waals surface area contributed by atoms with Gasteiger partial charge in [-0.2, -0.15) is 0 Å². The molecule has 0 spiro atoms. The molecule has 3 atom stereocenters. The highest BCUT2D eigenvalue weighted by molar-refractivity contribution is 5.82. The largest absolute Gasteiger partial charge is 0.354 e. The molecule has 0 radical (unpaired) electrons. The van der Waals surface area contributed by atoms with Crippen LogP contribution in [0.25, 0.3) is 0 Å². The molecule has 1 aromatic carbocycles. The van der Waals surface area contributed by atoms with Crippen LogP contribution >= 0.6 is 0 Å². The number of benzene rings is 1. The molecule has 0 aliphatic heterocycles. The van der Waals surface area contributed by atoms with Crippen LogP contribution in [0.5, 0.6) is 0 Å². The SMILES string of the molecule is CC1CCCC(CNC(=O)[C@@H](N)c2ccccc2)C1. The van der Waals surface area contributed by atoms with Gasteiger partial charge in [-0.05, 0) is 30.2 Å². The van der Waals surface area contributed by atoms with E-state index in [9.17, 15) is 4.79 Å². The van der Waals surface area contributed by atoms with Crippen molar-refractivity contribution in [3.05, 3.63) is 35.9 Å². The van der Waals surface area contributed by atoms with Crippen LogP contribution in [-0.4, -0.2) is 12.5 Å². The summed E-state index contributed by atoms with van der Waals surface area (Å²) in [6.07, 6.45) is 5.06. The first kappa shape index (κ1) is 14.1. The Bertz CT molecular complexity index is 404. The average molecular weight is 260 g/mol. The minimum atomic E-state index is -0.554. The Morgan fingerprint density at radius 2 is 2.11 bits per heavy atom. The van der Waals surface area contributed by atoms with Crippen LogP contribution in [0.3, 0.4) is 0 Å². The number of nitrogens with two attached hydrogens (primary N) is 1. The van der Waals surface area contributed by atoms with Crippen molar-refractivity contribution < 1.29 is 4.79 Å². The Hall–Kier alpha value is -1.35. The van der Waals surface area contributed by atoms with Gasteiger partial charge in [0.1, 0.15) is 6.04 Å². The Kier molecular flexibility index (Phi) is 4.97. The molecule has 3 N–H and O–H groups in total. The number of amides is 1. The van der Waals surface area contributed by atoms with Gasteiger partial charge in [0.15, 0.2) is 0 Å². The minimum absolute atomic E-state index is 0.0653. The highest BCUT2D eigenvalue weighted by atomic mass is 16.2. The van der Waals surface area contributed by atoms with E-state index in [1.165, 1.54) is 25.7 Å². The van der Waals surface area contributed by atoms with Crippen LogP contribution in [-0.2, 0) is 4.79 Å². The lowest BCUT2D eigenvalue weighted by Gasteiger charge is -2.27. The molecule has 2 unspecified atom stereocenters. The summed E-state index contributed by atoms with van der Waals surface area (Å²) in [5.41, 5.74) is 6.84. The third kappa shape index (κ3) is 4.06. The minimum Gasteiger partial charge on any atom is -0.354 e. The summed E-state index contributed by atoms with van der Waals surface area (Å²) in [6, 6.07) is 8.98. The summed E-state index contributed by atoms with van der Waals surface area (Å²) >= 11 is 0. The zero-order valence-corrected chi connectivity index (χ0v) is 11.6. The summed E-state index contributed by atoms with van der Waals surface area (Å²) in [7, 11) is 0. The fraction of sp³-hybridized carbons (Fsp3) is 0.562. The number of carbonyl (C=O) groups is 1. The highest BCUT2D eigenvalue weighted by Crippen LogP contribution is 2.28. The van der Waals surface area contributed by atoms with Crippen LogP contribution in [0.1, 0.15) is 44.2 Å². The van der Waals surface area contributed by atoms with Gasteiger partial charge in [0, 0.05) is 6.54 Å². The summed E-state index contributed by atoms with van der Waals surface area (Å²) < 4.78 is 0. The molecule has 3 heteroatoms. The van der Waals surface area contributed by atoms with Crippen LogP contribution in [0.15, 0.2) is 30.3 Å². The molecule has 1 aliphatic rings. The standard InChI is InChI=1S/C16H24N2O/c1-12-6-5-7-13(10-12)11-18-16(19)15(17)14-8-3-2-4-9-14/h2-4,8-9,12-13,15H,5-7,10-11,17H2,1H3,(H,18,19)/t12?,13?,15-/m0/s1. The third-order valence-electron chi connectivity index (χ3n) is 4.05. The lowest BCUT2D eigenvalue weighted by atomic mass is 9.82. The van der Waals surface area contributed by atoms with Crippen molar-refractivity contribution in [1.29, 1.82) is 0 Å². The normalized spacial score (nSPS) is 24.7. The van der Waals surface area contributed by atoms with E-state index in [4.69, 9.17) is 5.73 Å². The summed E-state index contributed by atoms with van der Waals surface area (Å²) in [5.74, 6) is 1.35. The fourth-order valence-corrected chi connectivity index (χ4v) is 2.91. The summed E-state index contributed by atoms with van der Waals surface area (Å²) in [5, 5.41) is 3.01. The molecule has 0 saturated heterocycles. The van der Waals surface area contributed by atoms with E-state index in [0.29, 0.717) is 5.92 Å². The van der Waals surface area contributed by atoms with Gasteiger partial charge in [0.2, 0.25) is 5.91 Å². The molecular weight excluding hydrogens is 236 g/mol. The zero-order valence-electron chi connectivity index (χ0n) is 11.6. The second-order valence-electron chi connectivity index (χ2n) is 5.77. The molecule has 0 heterocycles. The third-order valence-corrected chi connectivity index (χ3v) is 4.05. The van der Waals surface area contributed by atoms with Gasteiger partial charge in [0.05, 0.1) is 0 Å². The van der Waals surface area contributed by atoms with Crippen molar-refractivity contribution >= 4 is 5.91 Å². The first-order chi connectivity index (χ1) is 9.16. The van der Waals surface area contributed by atoms with E-state index in [1.807, 2.05) is 30.3 Å². The van der Waals surface area contributed by atoms with Crippen LogP contribution in [0.4, 0.5) is 0 Å². The Balaban J connectivity index is 1.81. The molecule has 104 valence electrons. The van der Waals surface area contributed by atoms with Crippen LogP contribution < -0.4 is 11.1 Å². The molecule has 0 bridgehead atoms. The molecule has 1 aromatic rings. The quantitative estimate of drug-likeness (QED) is 0.874. The van der Waals surface area contributed by atoms with Gasteiger partial charge in [0.25, 0.3) is 0 Å². The number of nitrogens with one attached hydrogen (secondary N) is 1. The van der Waals surface area contributed by atoms with Crippen LogP contribution in [0.2, 0.25) is 0 Å². The van der Waals surface area contributed by atoms with Crippen molar-refractivity contribution in [2.45, 2.75) is 38.6 Å². The molecule has 19 heavy (non-hydrogen) atoms. The maximum absolute atomic E-state index is 12.0. The predicted molar refractivity (Wildman–Crippen MR) is 77.5 cm³/mol. The Labute approximate surface area is 115 Å². The van der Waals surface area contributed by atoms with Gasteiger partial charge in [-0.25, -0.2) is 0 Å². The Morgan fingerprint density at radius 1 is 1.37 bits per heavy atom. The van der Waals surface area contributed by atoms with Crippen molar-refractivity contribution in [1.82, 2.24) is 5.32 Å². The van der Waals surface area contributed by atoms with E-state index in [-0.39, 0.29) is 5.91 Å². The van der Waals surface area contributed by atoms with Gasteiger partial charge in [-0.3, -0.25) is 4.79 Å².